The maximum atomic E-state index is 12.5. The summed E-state index contributed by atoms with van der Waals surface area (Å²) < 4.78 is 27.5. The lowest BCUT2D eigenvalue weighted by molar-refractivity contribution is -0.115. The van der Waals surface area contributed by atoms with Gasteiger partial charge in [0.25, 0.3) is 10.0 Å². The van der Waals surface area contributed by atoms with Crippen molar-refractivity contribution in [1.82, 2.24) is 0 Å². The predicted molar refractivity (Wildman–Crippen MR) is 117 cm³/mol. The number of benzene rings is 3. The van der Waals surface area contributed by atoms with E-state index in [2.05, 4.69) is 10.0 Å². The van der Waals surface area contributed by atoms with Crippen LogP contribution >= 0.6 is 34.8 Å². The molecule has 0 saturated carbocycles. The minimum absolute atomic E-state index is 0.0318. The van der Waals surface area contributed by atoms with Crippen LogP contribution in [0, 0.1) is 0 Å². The van der Waals surface area contributed by atoms with Gasteiger partial charge in [0, 0.05) is 20.8 Å². The normalized spacial score (nSPS) is 11.1. The maximum Gasteiger partial charge on any atom is 0.261 e. The van der Waals surface area contributed by atoms with E-state index in [1.165, 1.54) is 42.5 Å². The molecule has 1 amide bonds. The zero-order valence-electron chi connectivity index (χ0n) is 14.8. The fourth-order valence-corrected chi connectivity index (χ4v) is 4.23. The van der Waals surface area contributed by atoms with Crippen LogP contribution in [0.4, 0.5) is 11.4 Å². The number of halogens is 3. The van der Waals surface area contributed by atoms with Gasteiger partial charge in [0.05, 0.1) is 17.0 Å². The first kappa shape index (κ1) is 21.5. The van der Waals surface area contributed by atoms with E-state index in [9.17, 15) is 13.2 Å². The molecule has 0 unspecified atom stereocenters. The van der Waals surface area contributed by atoms with Gasteiger partial charge in [-0.2, -0.15) is 0 Å². The summed E-state index contributed by atoms with van der Waals surface area (Å²) in [7, 11) is -3.84. The minimum Gasteiger partial charge on any atom is -0.326 e. The molecular weight excluding hydrogens is 455 g/mol. The highest BCUT2D eigenvalue weighted by Crippen LogP contribution is 2.25. The molecule has 0 spiro atoms. The summed E-state index contributed by atoms with van der Waals surface area (Å²) in [5.41, 5.74) is 1.55. The lowest BCUT2D eigenvalue weighted by atomic mass is 10.1. The summed E-state index contributed by atoms with van der Waals surface area (Å²) in [5, 5.41) is 3.95. The number of hydrogen-bond acceptors (Lipinski definition) is 3. The second-order valence-electron chi connectivity index (χ2n) is 6.14. The number of nitrogens with one attached hydrogen (secondary N) is 2. The first-order chi connectivity index (χ1) is 13.7. The smallest absolute Gasteiger partial charge is 0.261 e. The van der Waals surface area contributed by atoms with Gasteiger partial charge in [-0.1, -0.05) is 46.9 Å². The quantitative estimate of drug-likeness (QED) is 0.491. The van der Waals surface area contributed by atoms with Gasteiger partial charge < -0.3 is 5.32 Å². The zero-order valence-corrected chi connectivity index (χ0v) is 17.9. The van der Waals surface area contributed by atoms with Crippen molar-refractivity contribution in [2.24, 2.45) is 0 Å². The number of anilines is 2. The number of amides is 1. The molecule has 0 aromatic heterocycles. The molecule has 3 aromatic rings. The van der Waals surface area contributed by atoms with Crippen molar-refractivity contribution in [1.29, 1.82) is 0 Å². The Morgan fingerprint density at radius 3 is 1.93 bits per heavy atom. The van der Waals surface area contributed by atoms with Crippen LogP contribution in [0.3, 0.4) is 0 Å². The highest BCUT2D eigenvalue weighted by Gasteiger charge is 2.15. The van der Waals surface area contributed by atoms with E-state index in [4.69, 9.17) is 34.8 Å². The molecule has 0 fully saturated rings. The van der Waals surface area contributed by atoms with Crippen LogP contribution in [0.5, 0.6) is 0 Å². The van der Waals surface area contributed by atoms with Gasteiger partial charge in [0.15, 0.2) is 0 Å². The monoisotopic (exact) mass is 468 g/mol. The van der Waals surface area contributed by atoms with Crippen molar-refractivity contribution >= 4 is 62.1 Å². The minimum atomic E-state index is -3.84. The van der Waals surface area contributed by atoms with Crippen molar-refractivity contribution in [3.63, 3.8) is 0 Å². The van der Waals surface area contributed by atoms with Gasteiger partial charge in [-0.25, -0.2) is 8.42 Å². The molecule has 0 aliphatic heterocycles. The van der Waals surface area contributed by atoms with Crippen LogP contribution in [-0.4, -0.2) is 14.3 Å². The number of rotatable bonds is 6. The molecular formula is C20H15Cl3N2O3S. The molecule has 150 valence electrons. The molecule has 3 aromatic carbocycles. The number of hydrogen-bond donors (Lipinski definition) is 2. The third-order valence-electron chi connectivity index (χ3n) is 3.84. The van der Waals surface area contributed by atoms with Crippen molar-refractivity contribution in [3.05, 3.63) is 87.4 Å². The SMILES string of the molecule is O=C(Cc1ccc(Cl)cc1)Nc1ccc(S(=O)(=O)Nc2cc(Cl)cc(Cl)c2)cc1. The van der Waals surface area contributed by atoms with Crippen LogP contribution in [0.15, 0.2) is 71.6 Å². The van der Waals surface area contributed by atoms with E-state index in [1.54, 1.807) is 24.3 Å². The predicted octanol–water partition coefficient (Wildman–Crippen LogP) is 5.63. The second kappa shape index (κ2) is 9.05. The molecule has 0 aliphatic carbocycles. The van der Waals surface area contributed by atoms with Crippen molar-refractivity contribution < 1.29 is 13.2 Å². The van der Waals surface area contributed by atoms with Crippen molar-refractivity contribution in [2.45, 2.75) is 11.3 Å². The molecule has 0 bridgehead atoms. The Balaban J connectivity index is 1.67. The second-order valence-corrected chi connectivity index (χ2v) is 9.13. The molecule has 0 aliphatic rings. The lowest BCUT2D eigenvalue weighted by Crippen LogP contribution is -2.15. The zero-order chi connectivity index (χ0) is 21.0. The molecule has 0 radical (unpaired) electrons. The van der Waals surface area contributed by atoms with Gasteiger partial charge in [0.1, 0.15) is 0 Å². The number of carbonyl (C=O) groups excluding carboxylic acids is 1. The summed E-state index contributed by atoms with van der Waals surface area (Å²) in [6.45, 7) is 0. The van der Waals surface area contributed by atoms with Crippen LogP contribution in [0.25, 0.3) is 0 Å². The van der Waals surface area contributed by atoms with E-state index < -0.39 is 10.0 Å². The highest BCUT2D eigenvalue weighted by atomic mass is 35.5. The standard InChI is InChI=1S/C20H15Cl3N2O3S/c21-14-3-1-13(2-4-14)9-20(26)24-17-5-7-19(8-6-17)29(27,28)25-18-11-15(22)10-16(23)12-18/h1-8,10-12,25H,9H2,(H,24,26). The van der Waals surface area contributed by atoms with Crippen molar-refractivity contribution in [3.8, 4) is 0 Å². The maximum absolute atomic E-state index is 12.5. The Bertz CT molecular complexity index is 1110. The third kappa shape index (κ3) is 6.11. The number of sulfonamides is 1. The molecule has 9 heteroatoms. The van der Waals surface area contributed by atoms with Gasteiger partial charge in [-0.15, -0.1) is 0 Å². The van der Waals surface area contributed by atoms with E-state index in [-0.39, 0.29) is 22.9 Å². The summed E-state index contributed by atoms with van der Waals surface area (Å²) in [6, 6.07) is 17.2. The summed E-state index contributed by atoms with van der Waals surface area (Å²) in [4.78, 5) is 12.2. The Kier molecular flexibility index (Phi) is 6.70. The van der Waals surface area contributed by atoms with Gasteiger partial charge in [-0.3, -0.25) is 9.52 Å². The fourth-order valence-electron chi connectivity index (χ4n) is 2.54. The molecule has 2 N–H and O–H groups in total. The fraction of sp³-hybridized carbons (Fsp3) is 0.0500. The van der Waals surface area contributed by atoms with Gasteiger partial charge in [0.2, 0.25) is 5.91 Å². The topological polar surface area (TPSA) is 75.3 Å². The first-order valence-corrected chi connectivity index (χ1v) is 11.0. The van der Waals surface area contributed by atoms with Gasteiger partial charge >= 0.3 is 0 Å². The van der Waals surface area contributed by atoms with Crippen LogP contribution in [0.1, 0.15) is 5.56 Å². The average Bonchev–Trinajstić information content (AvgIpc) is 2.63. The van der Waals surface area contributed by atoms with Crippen LogP contribution in [0.2, 0.25) is 15.1 Å². The van der Waals surface area contributed by atoms with Crippen LogP contribution in [-0.2, 0) is 21.2 Å². The van der Waals surface area contributed by atoms with E-state index >= 15 is 0 Å². The Morgan fingerprint density at radius 2 is 1.34 bits per heavy atom. The molecule has 0 heterocycles. The van der Waals surface area contributed by atoms with E-state index in [0.717, 1.165) is 5.56 Å². The Morgan fingerprint density at radius 1 is 0.759 bits per heavy atom. The molecule has 0 saturated heterocycles. The molecule has 0 atom stereocenters. The lowest BCUT2D eigenvalue weighted by Gasteiger charge is -2.10. The number of carbonyl (C=O) groups is 1. The highest BCUT2D eigenvalue weighted by molar-refractivity contribution is 7.92. The summed E-state index contributed by atoms with van der Waals surface area (Å²) in [6.07, 6.45) is 0.175. The van der Waals surface area contributed by atoms with E-state index in [0.29, 0.717) is 20.8 Å². The third-order valence-corrected chi connectivity index (χ3v) is 5.93. The first-order valence-electron chi connectivity index (χ1n) is 8.34. The summed E-state index contributed by atoms with van der Waals surface area (Å²) in [5.74, 6) is -0.227. The molecule has 29 heavy (non-hydrogen) atoms. The summed E-state index contributed by atoms with van der Waals surface area (Å²) >= 11 is 17.6. The van der Waals surface area contributed by atoms with E-state index in [1.807, 2.05) is 0 Å². The molecule has 3 rings (SSSR count). The van der Waals surface area contributed by atoms with Gasteiger partial charge in [-0.05, 0) is 60.2 Å². The Hall–Kier alpha value is -2.25. The van der Waals surface area contributed by atoms with Crippen molar-refractivity contribution in [2.75, 3.05) is 10.0 Å². The Labute approximate surface area is 183 Å². The largest absolute Gasteiger partial charge is 0.326 e. The van der Waals surface area contributed by atoms with Crippen LogP contribution < -0.4 is 10.0 Å². The molecule has 5 nitrogen and oxygen atoms in total. The average molecular weight is 470 g/mol.